The van der Waals surface area contributed by atoms with Crippen LogP contribution in [0, 0.1) is 12.7 Å². The minimum atomic E-state index is -0.641. The predicted octanol–water partition coefficient (Wildman–Crippen LogP) is 1.87. The first kappa shape index (κ1) is 13.9. The SMILES string of the molecule is Cc1ccc(F)c(OCC(O)CNC(C)C)c1. The van der Waals surface area contributed by atoms with Crippen molar-refractivity contribution in [1.82, 2.24) is 5.32 Å². The van der Waals surface area contributed by atoms with Crippen LogP contribution in [0.25, 0.3) is 0 Å². The van der Waals surface area contributed by atoms with E-state index in [1.807, 2.05) is 20.8 Å². The van der Waals surface area contributed by atoms with Crippen LogP contribution in [0.1, 0.15) is 19.4 Å². The van der Waals surface area contributed by atoms with E-state index in [9.17, 15) is 9.50 Å². The summed E-state index contributed by atoms with van der Waals surface area (Å²) in [5.41, 5.74) is 0.927. The van der Waals surface area contributed by atoms with Gasteiger partial charge in [-0.3, -0.25) is 0 Å². The lowest BCUT2D eigenvalue weighted by Gasteiger charge is -2.15. The molecule has 1 unspecified atom stereocenters. The zero-order valence-corrected chi connectivity index (χ0v) is 10.5. The maximum absolute atomic E-state index is 13.3. The first-order valence-electron chi connectivity index (χ1n) is 5.79. The standard InChI is InChI=1S/C13H20FNO2/c1-9(2)15-7-11(16)8-17-13-6-10(3)4-5-12(13)14/h4-6,9,11,15-16H,7-8H2,1-3H3. The highest BCUT2D eigenvalue weighted by atomic mass is 19.1. The van der Waals surface area contributed by atoms with Crippen LogP contribution in [-0.4, -0.2) is 30.4 Å². The molecule has 0 saturated carbocycles. The van der Waals surface area contributed by atoms with E-state index < -0.39 is 11.9 Å². The van der Waals surface area contributed by atoms with Crippen molar-refractivity contribution in [3.8, 4) is 5.75 Å². The summed E-state index contributed by atoms with van der Waals surface area (Å²) in [6.07, 6.45) is -0.641. The Bertz CT molecular complexity index is 355. The summed E-state index contributed by atoms with van der Waals surface area (Å²) in [6.45, 7) is 6.37. The Balaban J connectivity index is 2.41. The lowest BCUT2D eigenvalue weighted by atomic mass is 10.2. The number of halogens is 1. The number of aliphatic hydroxyl groups excluding tert-OH is 1. The molecule has 0 aliphatic heterocycles. The Morgan fingerprint density at radius 3 is 2.76 bits per heavy atom. The summed E-state index contributed by atoms with van der Waals surface area (Å²) in [7, 11) is 0. The number of ether oxygens (including phenoxy) is 1. The highest BCUT2D eigenvalue weighted by molar-refractivity contribution is 5.29. The molecule has 0 aromatic heterocycles. The molecule has 0 aliphatic rings. The Morgan fingerprint density at radius 1 is 1.41 bits per heavy atom. The Labute approximate surface area is 102 Å². The minimum Gasteiger partial charge on any atom is -0.488 e. The smallest absolute Gasteiger partial charge is 0.165 e. The number of aliphatic hydroxyl groups is 1. The van der Waals surface area contributed by atoms with Crippen molar-refractivity contribution in [2.45, 2.75) is 32.9 Å². The second-order valence-electron chi connectivity index (χ2n) is 4.46. The fourth-order valence-electron chi connectivity index (χ4n) is 1.34. The molecule has 0 aliphatic carbocycles. The molecule has 1 aromatic rings. The number of benzene rings is 1. The maximum atomic E-state index is 13.3. The van der Waals surface area contributed by atoms with Gasteiger partial charge in [-0.25, -0.2) is 4.39 Å². The lowest BCUT2D eigenvalue weighted by molar-refractivity contribution is 0.102. The van der Waals surface area contributed by atoms with Crippen molar-refractivity contribution >= 4 is 0 Å². The summed E-state index contributed by atoms with van der Waals surface area (Å²) >= 11 is 0. The van der Waals surface area contributed by atoms with Crippen LogP contribution < -0.4 is 10.1 Å². The zero-order valence-electron chi connectivity index (χ0n) is 10.5. The molecule has 0 spiro atoms. The van der Waals surface area contributed by atoms with Gasteiger partial charge in [-0.05, 0) is 24.6 Å². The summed E-state index contributed by atoms with van der Waals surface area (Å²) in [5, 5.41) is 12.7. The van der Waals surface area contributed by atoms with Gasteiger partial charge in [0, 0.05) is 12.6 Å². The maximum Gasteiger partial charge on any atom is 0.165 e. The third kappa shape index (κ3) is 5.15. The summed E-state index contributed by atoms with van der Waals surface area (Å²) in [5.74, 6) is -0.215. The van der Waals surface area contributed by atoms with Crippen molar-refractivity contribution in [2.24, 2.45) is 0 Å². The topological polar surface area (TPSA) is 41.5 Å². The molecule has 0 saturated heterocycles. The molecule has 0 radical (unpaired) electrons. The molecule has 0 amide bonds. The Kier molecular flexibility index (Phi) is 5.38. The van der Waals surface area contributed by atoms with Gasteiger partial charge in [-0.1, -0.05) is 19.9 Å². The minimum absolute atomic E-state index is 0.0834. The van der Waals surface area contributed by atoms with Gasteiger partial charge in [0.1, 0.15) is 12.7 Å². The first-order chi connectivity index (χ1) is 7.99. The largest absolute Gasteiger partial charge is 0.488 e. The van der Waals surface area contributed by atoms with E-state index >= 15 is 0 Å². The van der Waals surface area contributed by atoms with Crippen molar-refractivity contribution in [2.75, 3.05) is 13.2 Å². The quantitative estimate of drug-likeness (QED) is 0.799. The normalized spacial score (nSPS) is 12.8. The molecule has 2 N–H and O–H groups in total. The van der Waals surface area contributed by atoms with Crippen LogP contribution in [0.3, 0.4) is 0 Å². The van der Waals surface area contributed by atoms with Crippen molar-refractivity contribution in [3.05, 3.63) is 29.6 Å². The predicted molar refractivity (Wildman–Crippen MR) is 65.8 cm³/mol. The molecule has 0 fully saturated rings. The van der Waals surface area contributed by atoms with Crippen LogP contribution in [-0.2, 0) is 0 Å². The molecular formula is C13H20FNO2. The van der Waals surface area contributed by atoms with E-state index in [1.54, 1.807) is 12.1 Å². The van der Waals surface area contributed by atoms with Gasteiger partial charge < -0.3 is 15.2 Å². The molecule has 4 heteroatoms. The number of aryl methyl sites for hydroxylation is 1. The number of rotatable bonds is 6. The van der Waals surface area contributed by atoms with Crippen molar-refractivity contribution < 1.29 is 14.2 Å². The molecule has 17 heavy (non-hydrogen) atoms. The van der Waals surface area contributed by atoms with Gasteiger partial charge in [0.25, 0.3) is 0 Å². The van der Waals surface area contributed by atoms with Crippen molar-refractivity contribution in [1.29, 1.82) is 0 Å². The Morgan fingerprint density at radius 2 is 2.12 bits per heavy atom. The Hall–Kier alpha value is -1.13. The lowest BCUT2D eigenvalue weighted by Crippen LogP contribution is -2.35. The summed E-state index contributed by atoms with van der Waals surface area (Å²) in [6, 6.07) is 4.97. The fourth-order valence-corrected chi connectivity index (χ4v) is 1.34. The van der Waals surface area contributed by atoms with E-state index in [-0.39, 0.29) is 12.4 Å². The van der Waals surface area contributed by atoms with Crippen molar-refractivity contribution in [3.63, 3.8) is 0 Å². The van der Waals surface area contributed by atoms with E-state index in [4.69, 9.17) is 4.74 Å². The highest BCUT2D eigenvalue weighted by Crippen LogP contribution is 2.18. The summed E-state index contributed by atoms with van der Waals surface area (Å²) in [4.78, 5) is 0. The van der Waals surface area contributed by atoms with E-state index in [1.165, 1.54) is 6.07 Å². The van der Waals surface area contributed by atoms with E-state index in [0.717, 1.165) is 5.56 Å². The third-order valence-corrected chi connectivity index (χ3v) is 2.28. The average Bonchev–Trinajstić information content (AvgIpc) is 2.27. The fraction of sp³-hybridized carbons (Fsp3) is 0.538. The molecule has 96 valence electrons. The number of hydrogen-bond acceptors (Lipinski definition) is 3. The van der Waals surface area contributed by atoms with E-state index in [0.29, 0.717) is 12.6 Å². The van der Waals surface area contributed by atoms with Gasteiger partial charge in [0.2, 0.25) is 0 Å². The number of nitrogens with one attached hydrogen (secondary N) is 1. The monoisotopic (exact) mass is 241 g/mol. The zero-order chi connectivity index (χ0) is 12.8. The van der Waals surface area contributed by atoms with Gasteiger partial charge in [0.05, 0.1) is 0 Å². The molecule has 1 aromatic carbocycles. The second kappa shape index (κ2) is 6.57. The number of hydrogen-bond donors (Lipinski definition) is 2. The molecule has 3 nitrogen and oxygen atoms in total. The average molecular weight is 241 g/mol. The molecule has 1 rings (SSSR count). The van der Waals surface area contributed by atoms with Gasteiger partial charge in [-0.2, -0.15) is 0 Å². The third-order valence-electron chi connectivity index (χ3n) is 2.28. The molecular weight excluding hydrogens is 221 g/mol. The van der Waals surface area contributed by atoms with Crippen LogP contribution >= 0.6 is 0 Å². The first-order valence-corrected chi connectivity index (χ1v) is 5.79. The van der Waals surface area contributed by atoms with Gasteiger partial charge in [0.15, 0.2) is 11.6 Å². The van der Waals surface area contributed by atoms with Crippen LogP contribution in [0.5, 0.6) is 5.75 Å². The van der Waals surface area contributed by atoms with Crippen LogP contribution in [0.4, 0.5) is 4.39 Å². The molecule has 0 bridgehead atoms. The van der Waals surface area contributed by atoms with Gasteiger partial charge >= 0.3 is 0 Å². The molecule has 1 atom stereocenters. The van der Waals surface area contributed by atoms with Gasteiger partial charge in [-0.15, -0.1) is 0 Å². The highest BCUT2D eigenvalue weighted by Gasteiger charge is 2.08. The summed E-state index contributed by atoms with van der Waals surface area (Å²) < 4.78 is 18.6. The van der Waals surface area contributed by atoms with E-state index in [2.05, 4.69) is 5.32 Å². The van der Waals surface area contributed by atoms with Crippen LogP contribution in [0.15, 0.2) is 18.2 Å². The van der Waals surface area contributed by atoms with Crippen LogP contribution in [0.2, 0.25) is 0 Å². The molecule has 0 heterocycles. The second-order valence-corrected chi connectivity index (χ2v) is 4.46.